The standard InChI is InChI=1S/C29H35FN6O5S/c1-17(2)41-22(20-15-19(30)9-10-21(20)40-6)16-34-26-23(18(3)25(42-26)36-31-11-12-32-36)24(37)35(28(34)39)29(4,5)27(38)33-13-7-8-14-33/h9-12,15,17,22H,7-8,13-14,16H2,1-6H3. The van der Waals surface area contributed by atoms with Crippen LogP contribution in [0.5, 0.6) is 5.75 Å². The third kappa shape index (κ3) is 5.15. The molecule has 1 aliphatic heterocycles. The van der Waals surface area contributed by atoms with E-state index in [9.17, 15) is 18.8 Å². The van der Waals surface area contributed by atoms with E-state index in [1.165, 1.54) is 58.4 Å². The number of rotatable bonds is 9. The molecule has 224 valence electrons. The molecule has 0 bridgehead atoms. The van der Waals surface area contributed by atoms with Crippen molar-refractivity contribution in [1.82, 2.24) is 29.0 Å². The molecule has 4 aromatic rings. The largest absolute Gasteiger partial charge is 0.496 e. The molecule has 0 spiro atoms. The molecule has 42 heavy (non-hydrogen) atoms. The van der Waals surface area contributed by atoms with Gasteiger partial charge in [-0.3, -0.25) is 14.2 Å². The van der Waals surface area contributed by atoms with Gasteiger partial charge in [-0.05, 0) is 65.7 Å². The molecule has 0 N–H and O–H groups in total. The van der Waals surface area contributed by atoms with Crippen LogP contribution >= 0.6 is 11.3 Å². The van der Waals surface area contributed by atoms with Crippen LogP contribution in [-0.4, -0.2) is 61.2 Å². The first-order chi connectivity index (χ1) is 19.9. The van der Waals surface area contributed by atoms with E-state index in [1.54, 1.807) is 25.7 Å². The number of carbonyl (C=O) groups is 1. The Morgan fingerprint density at radius 3 is 2.43 bits per heavy atom. The smallest absolute Gasteiger partial charge is 0.333 e. The normalized spacial score (nSPS) is 14.7. The first kappa shape index (κ1) is 29.6. The lowest BCUT2D eigenvalue weighted by Gasteiger charge is -2.31. The maximum absolute atomic E-state index is 14.5. The Morgan fingerprint density at radius 2 is 1.81 bits per heavy atom. The summed E-state index contributed by atoms with van der Waals surface area (Å²) in [4.78, 5) is 45.8. The molecule has 1 aliphatic rings. The molecule has 0 aliphatic carbocycles. The highest BCUT2D eigenvalue weighted by atomic mass is 32.1. The number of likely N-dealkylation sites (tertiary alicyclic amines) is 1. The minimum Gasteiger partial charge on any atom is -0.496 e. The number of hydrogen-bond donors (Lipinski definition) is 0. The molecule has 1 saturated heterocycles. The summed E-state index contributed by atoms with van der Waals surface area (Å²) >= 11 is 1.19. The maximum atomic E-state index is 14.5. The lowest BCUT2D eigenvalue weighted by atomic mass is 10.0. The van der Waals surface area contributed by atoms with Crippen molar-refractivity contribution >= 4 is 27.5 Å². The molecule has 0 saturated carbocycles. The maximum Gasteiger partial charge on any atom is 0.333 e. The predicted molar refractivity (Wildman–Crippen MR) is 157 cm³/mol. The number of aromatic nitrogens is 5. The number of fused-ring (bicyclic) bond motifs is 1. The average molecular weight is 599 g/mol. The Hall–Kier alpha value is -3.84. The highest BCUT2D eigenvalue weighted by Crippen LogP contribution is 2.35. The van der Waals surface area contributed by atoms with Gasteiger partial charge < -0.3 is 14.4 Å². The van der Waals surface area contributed by atoms with E-state index >= 15 is 0 Å². The zero-order valence-corrected chi connectivity index (χ0v) is 25.4. The van der Waals surface area contributed by atoms with Crippen molar-refractivity contribution < 1.29 is 18.7 Å². The highest BCUT2D eigenvalue weighted by Gasteiger charge is 2.39. The number of amides is 1. The van der Waals surface area contributed by atoms with Crippen LogP contribution in [0.4, 0.5) is 4.39 Å². The van der Waals surface area contributed by atoms with E-state index in [0.717, 1.165) is 17.4 Å². The number of hydrogen-bond acceptors (Lipinski definition) is 8. The Kier molecular flexibility index (Phi) is 8.08. The van der Waals surface area contributed by atoms with Gasteiger partial charge in [0.15, 0.2) is 0 Å². The van der Waals surface area contributed by atoms with Crippen molar-refractivity contribution in [2.45, 2.75) is 71.8 Å². The van der Waals surface area contributed by atoms with Crippen molar-refractivity contribution in [2.24, 2.45) is 0 Å². The SMILES string of the molecule is COc1ccc(F)cc1C(Cn1c(=O)n(C(C)(C)C(=O)N2CCCC2)c(=O)c2c(C)c(-n3nccn3)sc21)OC(C)C. The summed E-state index contributed by atoms with van der Waals surface area (Å²) in [6, 6.07) is 4.12. The molecule has 1 unspecified atom stereocenters. The fourth-order valence-electron chi connectivity index (χ4n) is 5.57. The summed E-state index contributed by atoms with van der Waals surface area (Å²) in [6.07, 6.45) is 3.67. The quantitative estimate of drug-likeness (QED) is 0.288. The van der Waals surface area contributed by atoms with Crippen molar-refractivity contribution in [2.75, 3.05) is 20.2 Å². The van der Waals surface area contributed by atoms with Crippen LogP contribution in [0, 0.1) is 12.7 Å². The van der Waals surface area contributed by atoms with E-state index in [0.29, 0.717) is 39.8 Å². The second-order valence-electron chi connectivity index (χ2n) is 11.2. The number of aryl methyl sites for hydroxylation is 1. The molecular formula is C29H35FN6O5S. The van der Waals surface area contributed by atoms with Crippen molar-refractivity contribution in [3.63, 3.8) is 0 Å². The molecule has 1 aromatic carbocycles. The van der Waals surface area contributed by atoms with Gasteiger partial charge in [-0.1, -0.05) is 11.3 Å². The second-order valence-corrected chi connectivity index (χ2v) is 12.2. The lowest BCUT2D eigenvalue weighted by Crippen LogP contribution is -2.56. The lowest BCUT2D eigenvalue weighted by molar-refractivity contribution is -0.138. The summed E-state index contributed by atoms with van der Waals surface area (Å²) in [6.45, 7) is 9.72. The topological polar surface area (TPSA) is 113 Å². The highest BCUT2D eigenvalue weighted by molar-refractivity contribution is 7.21. The minimum absolute atomic E-state index is 0.0759. The first-order valence-corrected chi connectivity index (χ1v) is 14.7. The summed E-state index contributed by atoms with van der Waals surface area (Å²) < 4.78 is 28.7. The van der Waals surface area contributed by atoms with Crippen molar-refractivity contribution in [1.29, 1.82) is 0 Å². The molecule has 5 rings (SSSR count). The summed E-state index contributed by atoms with van der Waals surface area (Å²) in [5.41, 5.74) is -1.72. The molecule has 1 amide bonds. The molecule has 11 nitrogen and oxygen atoms in total. The van der Waals surface area contributed by atoms with Crippen LogP contribution in [-0.2, 0) is 21.6 Å². The second kappa shape index (κ2) is 11.4. The molecule has 0 radical (unpaired) electrons. The third-order valence-electron chi connectivity index (χ3n) is 7.59. The van der Waals surface area contributed by atoms with Gasteiger partial charge in [0, 0.05) is 24.2 Å². The van der Waals surface area contributed by atoms with E-state index < -0.39 is 28.7 Å². The van der Waals surface area contributed by atoms with Crippen LogP contribution in [0.25, 0.3) is 15.2 Å². The van der Waals surface area contributed by atoms with Crippen molar-refractivity contribution in [3.05, 3.63) is 68.4 Å². The van der Waals surface area contributed by atoms with Gasteiger partial charge in [0.05, 0.1) is 37.5 Å². The van der Waals surface area contributed by atoms with Gasteiger partial charge in [-0.2, -0.15) is 10.2 Å². The van der Waals surface area contributed by atoms with Gasteiger partial charge in [-0.15, -0.1) is 4.80 Å². The number of benzene rings is 1. The number of ether oxygens (including phenoxy) is 2. The number of nitrogens with zero attached hydrogens (tertiary/aromatic N) is 6. The van der Waals surface area contributed by atoms with Crippen LogP contribution in [0.15, 0.2) is 40.2 Å². The number of carbonyl (C=O) groups excluding carboxylic acids is 1. The molecule has 13 heteroatoms. The van der Waals surface area contributed by atoms with E-state index in [4.69, 9.17) is 9.47 Å². The monoisotopic (exact) mass is 598 g/mol. The fourth-order valence-corrected chi connectivity index (χ4v) is 6.79. The van der Waals surface area contributed by atoms with Gasteiger partial charge in [-0.25, -0.2) is 13.8 Å². The molecular weight excluding hydrogens is 563 g/mol. The summed E-state index contributed by atoms with van der Waals surface area (Å²) in [5, 5.41) is 9.31. The number of thiophene rings is 1. The van der Waals surface area contributed by atoms with Gasteiger partial charge in [0.1, 0.15) is 33.0 Å². The fraction of sp³-hybridized carbons (Fsp3) is 0.483. The van der Waals surface area contributed by atoms with Crippen LogP contribution in [0.3, 0.4) is 0 Å². The molecule has 1 atom stereocenters. The van der Waals surface area contributed by atoms with Crippen LogP contribution in [0.2, 0.25) is 0 Å². The number of methoxy groups -OCH3 is 1. The number of halogens is 1. The van der Waals surface area contributed by atoms with Gasteiger partial charge in [0.25, 0.3) is 5.56 Å². The Morgan fingerprint density at radius 1 is 1.14 bits per heavy atom. The van der Waals surface area contributed by atoms with Crippen LogP contribution < -0.4 is 16.0 Å². The Labute approximate surface area is 246 Å². The Balaban J connectivity index is 1.78. The van der Waals surface area contributed by atoms with Crippen molar-refractivity contribution in [3.8, 4) is 10.8 Å². The first-order valence-electron chi connectivity index (χ1n) is 13.9. The van der Waals surface area contributed by atoms with E-state index in [2.05, 4.69) is 10.2 Å². The van der Waals surface area contributed by atoms with Crippen LogP contribution in [0.1, 0.15) is 57.8 Å². The van der Waals surface area contributed by atoms with E-state index in [-0.39, 0.29) is 23.9 Å². The van der Waals surface area contributed by atoms with Gasteiger partial charge >= 0.3 is 5.69 Å². The zero-order chi connectivity index (χ0) is 30.3. The molecule has 3 aromatic heterocycles. The third-order valence-corrected chi connectivity index (χ3v) is 8.87. The predicted octanol–water partition coefficient (Wildman–Crippen LogP) is 3.79. The average Bonchev–Trinajstić information content (AvgIpc) is 3.71. The zero-order valence-electron chi connectivity index (χ0n) is 24.6. The minimum atomic E-state index is -1.47. The summed E-state index contributed by atoms with van der Waals surface area (Å²) in [5.74, 6) is -0.385. The van der Waals surface area contributed by atoms with E-state index in [1.807, 2.05) is 13.8 Å². The van der Waals surface area contributed by atoms with Gasteiger partial charge in [0.2, 0.25) is 5.91 Å². The Bertz CT molecular complexity index is 1730. The summed E-state index contributed by atoms with van der Waals surface area (Å²) in [7, 11) is 1.48. The molecule has 4 heterocycles. The molecule has 1 fully saturated rings.